The van der Waals surface area contributed by atoms with E-state index in [1.165, 1.54) is 11.1 Å². The van der Waals surface area contributed by atoms with E-state index in [2.05, 4.69) is 46.2 Å². The van der Waals surface area contributed by atoms with Crippen molar-refractivity contribution in [3.05, 3.63) is 77.9 Å². The minimum Gasteiger partial charge on any atom is -0.293 e. The predicted molar refractivity (Wildman–Crippen MR) is 110 cm³/mol. The molecule has 0 N–H and O–H groups in total. The van der Waals surface area contributed by atoms with Gasteiger partial charge >= 0.3 is 0 Å². The van der Waals surface area contributed by atoms with Crippen molar-refractivity contribution >= 4 is 15.9 Å². The maximum Gasteiger partial charge on any atom is 0.153 e. The summed E-state index contributed by atoms with van der Waals surface area (Å²) < 4.78 is 24.7. The highest BCUT2D eigenvalue weighted by Gasteiger charge is 2.45. The Balaban J connectivity index is 1.46. The lowest BCUT2D eigenvalue weighted by molar-refractivity contribution is 0.0480. The highest BCUT2D eigenvalue weighted by Crippen LogP contribution is 2.28. The second-order valence-corrected chi connectivity index (χ2v) is 9.63. The van der Waals surface area contributed by atoms with Crippen molar-refractivity contribution in [2.45, 2.75) is 18.6 Å². The van der Waals surface area contributed by atoms with E-state index in [1.54, 1.807) is 0 Å². The van der Waals surface area contributed by atoms with Gasteiger partial charge in [0.1, 0.15) is 0 Å². The summed E-state index contributed by atoms with van der Waals surface area (Å²) in [4.78, 5) is 4.71. The van der Waals surface area contributed by atoms with Crippen LogP contribution in [0.4, 0.5) is 0 Å². The SMILES string of the molecule is O=S1(=O)C[C@@H]2[C@H](C1)N(CC=Cc1ccccc1)CCN2Cc1ccccc1. The fraction of sp³-hybridized carbons (Fsp3) is 0.364. The molecule has 2 atom stereocenters. The van der Waals surface area contributed by atoms with Crippen LogP contribution in [0.2, 0.25) is 0 Å². The molecule has 2 aromatic rings. The molecular formula is C22H26N2O2S. The smallest absolute Gasteiger partial charge is 0.153 e. The molecule has 4 nitrogen and oxygen atoms in total. The molecule has 2 fully saturated rings. The number of rotatable bonds is 5. The Hall–Kier alpha value is -1.95. The highest BCUT2D eigenvalue weighted by molar-refractivity contribution is 7.91. The van der Waals surface area contributed by atoms with Gasteiger partial charge in [0.25, 0.3) is 0 Å². The van der Waals surface area contributed by atoms with E-state index < -0.39 is 9.84 Å². The average Bonchev–Trinajstić information content (AvgIpc) is 3.01. The zero-order chi connectivity index (χ0) is 18.7. The molecule has 4 rings (SSSR count). The number of benzene rings is 2. The molecule has 0 spiro atoms. The Labute approximate surface area is 162 Å². The monoisotopic (exact) mass is 382 g/mol. The minimum absolute atomic E-state index is 0.0906. The lowest BCUT2D eigenvalue weighted by Gasteiger charge is -2.43. The molecule has 2 saturated heterocycles. The third-order valence-corrected chi connectivity index (χ3v) is 7.28. The summed E-state index contributed by atoms with van der Waals surface area (Å²) in [6, 6.07) is 20.8. The maximum absolute atomic E-state index is 12.4. The summed E-state index contributed by atoms with van der Waals surface area (Å²) in [5.41, 5.74) is 2.42. The third-order valence-electron chi connectivity index (χ3n) is 5.58. The van der Waals surface area contributed by atoms with Crippen molar-refractivity contribution in [2.75, 3.05) is 31.1 Å². The summed E-state index contributed by atoms with van der Waals surface area (Å²) in [7, 11) is -2.97. The van der Waals surface area contributed by atoms with Crippen molar-refractivity contribution in [2.24, 2.45) is 0 Å². The van der Waals surface area contributed by atoms with Gasteiger partial charge in [0, 0.05) is 38.3 Å². The fourth-order valence-corrected chi connectivity index (χ4v) is 6.27. The minimum atomic E-state index is -2.97. The third kappa shape index (κ3) is 4.49. The summed E-state index contributed by atoms with van der Waals surface area (Å²) >= 11 is 0. The number of hydrogen-bond donors (Lipinski definition) is 0. The Morgan fingerprint density at radius 3 is 2.15 bits per heavy atom. The molecule has 0 unspecified atom stereocenters. The zero-order valence-electron chi connectivity index (χ0n) is 15.4. The molecular weight excluding hydrogens is 356 g/mol. The topological polar surface area (TPSA) is 40.6 Å². The van der Waals surface area contributed by atoms with Crippen LogP contribution in [-0.4, -0.2) is 61.4 Å². The lowest BCUT2D eigenvalue weighted by Crippen LogP contribution is -2.58. The van der Waals surface area contributed by atoms with E-state index >= 15 is 0 Å². The normalized spacial score (nSPS) is 25.6. The van der Waals surface area contributed by atoms with Crippen LogP contribution in [0, 0.1) is 0 Å². The molecule has 2 aromatic carbocycles. The van der Waals surface area contributed by atoms with Crippen molar-refractivity contribution in [3.63, 3.8) is 0 Å². The second kappa shape index (κ2) is 7.97. The van der Waals surface area contributed by atoms with Gasteiger partial charge in [-0.1, -0.05) is 72.8 Å². The first-order valence-electron chi connectivity index (χ1n) is 9.55. The van der Waals surface area contributed by atoms with Crippen LogP contribution in [0.15, 0.2) is 66.7 Å². The van der Waals surface area contributed by atoms with Gasteiger partial charge in [0.15, 0.2) is 9.84 Å². The molecule has 2 aliphatic heterocycles. The van der Waals surface area contributed by atoms with Crippen LogP contribution < -0.4 is 0 Å². The van der Waals surface area contributed by atoms with Gasteiger partial charge in [-0.05, 0) is 11.1 Å². The van der Waals surface area contributed by atoms with Gasteiger partial charge in [-0.25, -0.2) is 8.42 Å². The van der Waals surface area contributed by atoms with Crippen LogP contribution in [0.5, 0.6) is 0 Å². The van der Waals surface area contributed by atoms with Crippen LogP contribution in [0.1, 0.15) is 11.1 Å². The van der Waals surface area contributed by atoms with E-state index in [0.717, 1.165) is 26.2 Å². The molecule has 5 heteroatoms. The Morgan fingerprint density at radius 1 is 0.852 bits per heavy atom. The Kier molecular flexibility index (Phi) is 5.43. The molecule has 0 bridgehead atoms. The van der Waals surface area contributed by atoms with Gasteiger partial charge in [0.2, 0.25) is 0 Å². The van der Waals surface area contributed by atoms with E-state index in [1.807, 2.05) is 36.4 Å². The highest BCUT2D eigenvalue weighted by atomic mass is 32.2. The molecule has 0 amide bonds. The number of hydrogen-bond acceptors (Lipinski definition) is 4. The number of piperazine rings is 1. The molecule has 0 aliphatic carbocycles. The van der Waals surface area contributed by atoms with E-state index in [4.69, 9.17) is 0 Å². The number of fused-ring (bicyclic) bond motifs is 1. The van der Waals surface area contributed by atoms with E-state index in [0.29, 0.717) is 0 Å². The van der Waals surface area contributed by atoms with Crippen LogP contribution in [0.3, 0.4) is 0 Å². The molecule has 0 radical (unpaired) electrons. The van der Waals surface area contributed by atoms with Crippen LogP contribution >= 0.6 is 0 Å². The summed E-state index contributed by atoms with van der Waals surface area (Å²) in [5.74, 6) is 0.561. The largest absolute Gasteiger partial charge is 0.293 e. The van der Waals surface area contributed by atoms with Crippen molar-refractivity contribution in [1.29, 1.82) is 0 Å². The summed E-state index contributed by atoms with van der Waals surface area (Å²) in [5, 5.41) is 0. The van der Waals surface area contributed by atoms with Gasteiger partial charge in [-0.2, -0.15) is 0 Å². The van der Waals surface area contributed by atoms with Gasteiger partial charge in [-0.15, -0.1) is 0 Å². The molecule has 142 valence electrons. The van der Waals surface area contributed by atoms with Crippen LogP contribution in [-0.2, 0) is 16.4 Å². The van der Waals surface area contributed by atoms with Gasteiger partial charge in [-0.3, -0.25) is 9.80 Å². The quantitative estimate of drug-likeness (QED) is 0.797. The van der Waals surface area contributed by atoms with Crippen molar-refractivity contribution in [3.8, 4) is 0 Å². The number of sulfone groups is 1. The maximum atomic E-state index is 12.4. The lowest BCUT2D eigenvalue weighted by atomic mass is 10.0. The first-order chi connectivity index (χ1) is 13.1. The zero-order valence-corrected chi connectivity index (χ0v) is 16.3. The summed E-state index contributed by atoms with van der Waals surface area (Å²) in [6.45, 7) is 3.43. The molecule has 2 aliphatic rings. The Morgan fingerprint density at radius 2 is 1.44 bits per heavy atom. The van der Waals surface area contributed by atoms with E-state index in [9.17, 15) is 8.42 Å². The van der Waals surface area contributed by atoms with Crippen molar-refractivity contribution < 1.29 is 8.42 Å². The fourth-order valence-electron chi connectivity index (χ4n) is 4.23. The second-order valence-electron chi connectivity index (χ2n) is 7.48. The van der Waals surface area contributed by atoms with E-state index in [-0.39, 0.29) is 23.6 Å². The molecule has 0 aromatic heterocycles. The molecule has 27 heavy (non-hydrogen) atoms. The van der Waals surface area contributed by atoms with Crippen LogP contribution in [0.25, 0.3) is 6.08 Å². The van der Waals surface area contributed by atoms with Gasteiger partial charge < -0.3 is 0 Å². The Bertz CT molecular complexity index is 881. The first-order valence-corrected chi connectivity index (χ1v) is 11.4. The first kappa shape index (κ1) is 18.4. The van der Waals surface area contributed by atoms with Crippen molar-refractivity contribution in [1.82, 2.24) is 9.80 Å². The standard InChI is InChI=1S/C22H26N2O2S/c25-27(26)17-21-22(18-27)24(16-20-10-5-2-6-11-20)15-14-23(21)13-7-12-19-8-3-1-4-9-19/h1-12,21-22H,13-18H2/t21-,22+/m0/s1. The molecule has 0 saturated carbocycles. The predicted octanol–water partition coefficient (Wildman–Crippen LogP) is 2.68. The number of nitrogens with zero attached hydrogens (tertiary/aromatic N) is 2. The summed E-state index contributed by atoms with van der Waals surface area (Å²) in [6.07, 6.45) is 4.28. The molecule has 2 heterocycles. The average molecular weight is 383 g/mol. The van der Waals surface area contributed by atoms with Gasteiger partial charge in [0.05, 0.1) is 11.5 Å².